The highest BCUT2D eigenvalue weighted by atomic mass is 16.1. The number of carbonyl (C=O) groups excluding carboxylic acids is 1. The third-order valence-corrected chi connectivity index (χ3v) is 4.05. The van der Waals surface area contributed by atoms with Crippen LogP contribution in [0.1, 0.15) is 70.7 Å². The van der Waals surface area contributed by atoms with Crippen LogP contribution in [0.4, 0.5) is 0 Å². The Bertz CT molecular complexity index is 416. The normalized spacial score (nSPS) is 19.4. The Balaban J connectivity index is 0.000000956. The zero-order valence-corrected chi connectivity index (χ0v) is 13.5. The highest BCUT2D eigenvalue weighted by molar-refractivity contribution is 5.94. The van der Waals surface area contributed by atoms with Crippen molar-refractivity contribution < 1.29 is 4.79 Å². The molecule has 0 atom stereocenters. The molecule has 0 unspecified atom stereocenters. The SMILES string of the molecule is CC.CC1(C)CCC(C)(NC(=O)c2cccnc2)CC1. The molecule has 1 saturated carbocycles. The molecule has 0 aromatic carbocycles. The molecular formula is C17H28N2O. The van der Waals surface area contributed by atoms with Crippen molar-refractivity contribution in [3.05, 3.63) is 30.1 Å². The number of amides is 1. The smallest absolute Gasteiger partial charge is 0.253 e. The summed E-state index contributed by atoms with van der Waals surface area (Å²) in [7, 11) is 0. The number of aromatic nitrogens is 1. The Morgan fingerprint density at radius 3 is 2.25 bits per heavy atom. The largest absolute Gasteiger partial charge is 0.347 e. The summed E-state index contributed by atoms with van der Waals surface area (Å²) in [5.41, 5.74) is 0.990. The van der Waals surface area contributed by atoms with E-state index in [1.807, 2.05) is 13.8 Å². The fourth-order valence-electron chi connectivity index (χ4n) is 2.45. The van der Waals surface area contributed by atoms with Crippen LogP contribution in [0, 0.1) is 5.41 Å². The first-order valence-electron chi connectivity index (χ1n) is 7.63. The molecule has 1 aliphatic rings. The van der Waals surface area contributed by atoms with Crippen LogP contribution >= 0.6 is 0 Å². The molecule has 0 spiro atoms. The van der Waals surface area contributed by atoms with Crippen LogP contribution < -0.4 is 5.32 Å². The van der Waals surface area contributed by atoms with Gasteiger partial charge in [0.05, 0.1) is 5.56 Å². The molecule has 1 heterocycles. The summed E-state index contributed by atoms with van der Waals surface area (Å²) in [5, 5.41) is 3.17. The zero-order valence-electron chi connectivity index (χ0n) is 13.5. The van der Waals surface area contributed by atoms with Gasteiger partial charge in [-0.3, -0.25) is 9.78 Å². The number of nitrogens with one attached hydrogen (secondary N) is 1. The molecular weight excluding hydrogens is 248 g/mol. The van der Waals surface area contributed by atoms with Gasteiger partial charge in [-0.25, -0.2) is 0 Å². The van der Waals surface area contributed by atoms with Crippen LogP contribution in [0.25, 0.3) is 0 Å². The molecule has 2 rings (SSSR count). The molecule has 1 aliphatic carbocycles. The van der Waals surface area contributed by atoms with Gasteiger partial charge in [0.2, 0.25) is 0 Å². The van der Waals surface area contributed by atoms with Gasteiger partial charge < -0.3 is 5.32 Å². The predicted octanol–water partition coefficient (Wildman–Crippen LogP) is 4.20. The number of hydrogen-bond acceptors (Lipinski definition) is 2. The molecule has 0 bridgehead atoms. The van der Waals surface area contributed by atoms with Crippen LogP contribution in [-0.4, -0.2) is 16.4 Å². The summed E-state index contributed by atoms with van der Waals surface area (Å²) in [6, 6.07) is 3.60. The quantitative estimate of drug-likeness (QED) is 0.879. The molecule has 1 aromatic rings. The fraction of sp³-hybridized carbons (Fsp3) is 0.647. The lowest BCUT2D eigenvalue weighted by molar-refractivity contribution is 0.0828. The van der Waals surface area contributed by atoms with E-state index in [0.29, 0.717) is 11.0 Å². The molecule has 1 fully saturated rings. The zero-order chi connectivity index (χ0) is 15.2. The third kappa shape index (κ3) is 4.62. The Kier molecular flexibility index (Phi) is 5.73. The minimum atomic E-state index is -0.0670. The van der Waals surface area contributed by atoms with Crippen molar-refractivity contribution in [2.45, 2.75) is 65.8 Å². The summed E-state index contributed by atoms with van der Waals surface area (Å²) < 4.78 is 0. The molecule has 0 aliphatic heterocycles. The van der Waals surface area contributed by atoms with Gasteiger partial charge in [0.1, 0.15) is 0 Å². The monoisotopic (exact) mass is 276 g/mol. The number of pyridine rings is 1. The van der Waals surface area contributed by atoms with Crippen molar-refractivity contribution in [1.29, 1.82) is 0 Å². The standard InChI is InChI=1S/C15H22N2O.C2H6/c1-14(2)6-8-15(3,9-7-14)17-13(18)12-5-4-10-16-11-12;1-2/h4-5,10-11H,6-9H2,1-3H3,(H,17,18);1-2H3. The average Bonchev–Trinajstić information content (AvgIpc) is 2.46. The van der Waals surface area contributed by atoms with Crippen molar-refractivity contribution in [2.75, 3.05) is 0 Å². The summed E-state index contributed by atoms with van der Waals surface area (Å²) >= 11 is 0. The Morgan fingerprint density at radius 1 is 1.15 bits per heavy atom. The van der Waals surface area contributed by atoms with Crippen molar-refractivity contribution in [2.24, 2.45) is 5.41 Å². The van der Waals surface area contributed by atoms with Crippen LogP contribution in [0.15, 0.2) is 24.5 Å². The van der Waals surface area contributed by atoms with E-state index < -0.39 is 0 Å². The second-order valence-electron chi connectivity index (χ2n) is 6.42. The maximum absolute atomic E-state index is 12.1. The second kappa shape index (κ2) is 6.87. The van der Waals surface area contributed by atoms with Gasteiger partial charge in [-0.15, -0.1) is 0 Å². The van der Waals surface area contributed by atoms with E-state index in [9.17, 15) is 4.79 Å². The fourth-order valence-corrected chi connectivity index (χ4v) is 2.45. The molecule has 1 amide bonds. The van der Waals surface area contributed by atoms with Crippen molar-refractivity contribution in [3.63, 3.8) is 0 Å². The predicted molar refractivity (Wildman–Crippen MR) is 83.7 cm³/mol. The highest BCUT2D eigenvalue weighted by Gasteiger charge is 2.35. The highest BCUT2D eigenvalue weighted by Crippen LogP contribution is 2.39. The molecule has 0 radical (unpaired) electrons. The van der Waals surface area contributed by atoms with Crippen LogP contribution in [0.2, 0.25) is 0 Å². The van der Waals surface area contributed by atoms with Crippen LogP contribution in [0.5, 0.6) is 0 Å². The van der Waals surface area contributed by atoms with E-state index in [1.54, 1.807) is 24.5 Å². The topological polar surface area (TPSA) is 42.0 Å². The first-order chi connectivity index (χ1) is 9.40. The molecule has 3 heteroatoms. The van der Waals surface area contributed by atoms with Gasteiger partial charge in [0.25, 0.3) is 5.91 Å². The van der Waals surface area contributed by atoms with Gasteiger partial charge in [0, 0.05) is 17.9 Å². The van der Waals surface area contributed by atoms with E-state index in [1.165, 1.54) is 0 Å². The van der Waals surface area contributed by atoms with Gasteiger partial charge in [0.15, 0.2) is 0 Å². The number of hydrogen-bond donors (Lipinski definition) is 1. The second-order valence-corrected chi connectivity index (χ2v) is 6.42. The molecule has 3 nitrogen and oxygen atoms in total. The minimum absolute atomic E-state index is 0.00898. The maximum Gasteiger partial charge on any atom is 0.253 e. The van der Waals surface area contributed by atoms with Crippen molar-refractivity contribution in [1.82, 2.24) is 10.3 Å². The summed E-state index contributed by atoms with van der Waals surface area (Å²) in [6.07, 6.45) is 7.72. The minimum Gasteiger partial charge on any atom is -0.347 e. The molecule has 1 N–H and O–H groups in total. The first-order valence-corrected chi connectivity index (χ1v) is 7.63. The number of carbonyl (C=O) groups is 1. The van der Waals surface area contributed by atoms with Gasteiger partial charge >= 0.3 is 0 Å². The number of rotatable bonds is 2. The summed E-state index contributed by atoms with van der Waals surface area (Å²) in [4.78, 5) is 16.1. The lowest BCUT2D eigenvalue weighted by Gasteiger charge is -2.41. The van der Waals surface area contributed by atoms with Crippen molar-refractivity contribution >= 4 is 5.91 Å². The van der Waals surface area contributed by atoms with E-state index in [0.717, 1.165) is 25.7 Å². The van der Waals surface area contributed by atoms with Gasteiger partial charge in [-0.05, 0) is 50.2 Å². The van der Waals surface area contributed by atoms with Crippen LogP contribution in [-0.2, 0) is 0 Å². The lowest BCUT2D eigenvalue weighted by atomic mass is 9.70. The van der Waals surface area contributed by atoms with Gasteiger partial charge in [-0.1, -0.05) is 27.7 Å². The van der Waals surface area contributed by atoms with Crippen LogP contribution in [0.3, 0.4) is 0 Å². The molecule has 0 saturated heterocycles. The number of nitrogens with zero attached hydrogens (tertiary/aromatic N) is 1. The van der Waals surface area contributed by atoms with E-state index >= 15 is 0 Å². The molecule has 20 heavy (non-hydrogen) atoms. The van der Waals surface area contributed by atoms with Gasteiger partial charge in [-0.2, -0.15) is 0 Å². The molecule has 112 valence electrons. The summed E-state index contributed by atoms with van der Waals surface area (Å²) in [6.45, 7) is 10.8. The van der Waals surface area contributed by atoms with E-state index in [2.05, 4.69) is 31.1 Å². The Morgan fingerprint density at radius 2 is 1.75 bits per heavy atom. The molecule has 1 aromatic heterocycles. The average molecular weight is 276 g/mol. The lowest BCUT2D eigenvalue weighted by Crippen LogP contribution is -2.49. The van der Waals surface area contributed by atoms with E-state index in [-0.39, 0.29) is 11.4 Å². The van der Waals surface area contributed by atoms with Crippen molar-refractivity contribution in [3.8, 4) is 0 Å². The Hall–Kier alpha value is -1.38. The third-order valence-electron chi connectivity index (χ3n) is 4.05. The Labute approximate surface area is 123 Å². The first kappa shape index (κ1) is 16.7. The maximum atomic E-state index is 12.1. The van der Waals surface area contributed by atoms with E-state index in [4.69, 9.17) is 0 Å². The summed E-state index contributed by atoms with van der Waals surface area (Å²) in [5.74, 6) is -0.00898.